The molecule has 3 rings (SSSR count). The number of thiazole rings is 1. The number of aromatic nitrogens is 1. The van der Waals surface area contributed by atoms with Gasteiger partial charge in [-0.15, -0.1) is 11.3 Å². The minimum absolute atomic E-state index is 0.211. The number of methoxy groups -OCH3 is 1. The van der Waals surface area contributed by atoms with E-state index in [1.54, 1.807) is 26.2 Å². The van der Waals surface area contributed by atoms with Crippen molar-refractivity contribution in [1.82, 2.24) is 15.6 Å². The van der Waals surface area contributed by atoms with Gasteiger partial charge in [-0.1, -0.05) is 0 Å². The van der Waals surface area contributed by atoms with E-state index in [0.29, 0.717) is 23.7 Å². The summed E-state index contributed by atoms with van der Waals surface area (Å²) in [5.74, 6) is 0.479. The lowest BCUT2D eigenvalue weighted by Gasteiger charge is -2.05. The van der Waals surface area contributed by atoms with Gasteiger partial charge < -0.3 is 19.8 Å². The number of nitrogens with zero attached hydrogens (tertiary/aromatic N) is 1. The number of benzene rings is 1. The zero-order valence-corrected chi connectivity index (χ0v) is 15.8. The van der Waals surface area contributed by atoms with E-state index in [9.17, 15) is 9.59 Å². The number of nitrogens with one attached hydrogen (secondary N) is 2. The van der Waals surface area contributed by atoms with E-state index in [4.69, 9.17) is 9.15 Å². The molecule has 2 N–H and O–H groups in total. The Morgan fingerprint density at radius 1 is 1.11 bits per heavy atom. The van der Waals surface area contributed by atoms with Gasteiger partial charge in [-0.05, 0) is 43.3 Å². The minimum Gasteiger partial charge on any atom is -0.497 e. The second-order valence-corrected chi connectivity index (χ2v) is 6.65. The monoisotopic (exact) mass is 385 g/mol. The van der Waals surface area contributed by atoms with Crippen molar-refractivity contribution in [3.8, 4) is 16.3 Å². The molecule has 0 bridgehead atoms. The fourth-order valence-electron chi connectivity index (χ4n) is 2.39. The van der Waals surface area contributed by atoms with Crippen molar-refractivity contribution in [2.45, 2.75) is 6.92 Å². The van der Waals surface area contributed by atoms with E-state index in [1.165, 1.54) is 17.6 Å². The van der Waals surface area contributed by atoms with Gasteiger partial charge in [0.1, 0.15) is 15.6 Å². The zero-order chi connectivity index (χ0) is 19.2. The van der Waals surface area contributed by atoms with Crippen LogP contribution in [0.4, 0.5) is 0 Å². The number of hydrogen-bond donors (Lipinski definition) is 2. The van der Waals surface area contributed by atoms with Gasteiger partial charge in [-0.2, -0.15) is 0 Å². The number of carbonyl (C=O) groups is 2. The highest BCUT2D eigenvalue weighted by molar-refractivity contribution is 7.17. The summed E-state index contributed by atoms with van der Waals surface area (Å²) < 4.78 is 10.2. The third kappa shape index (κ3) is 4.53. The van der Waals surface area contributed by atoms with Gasteiger partial charge in [0.2, 0.25) is 0 Å². The average molecular weight is 385 g/mol. The van der Waals surface area contributed by atoms with E-state index in [-0.39, 0.29) is 17.6 Å². The Morgan fingerprint density at radius 2 is 1.81 bits per heavy atom. The third-order valence-corrected chi connectivity index (χ3v) is 4.99. The van der Waals surface area contributed by atoms with Crippen LogP contribution in [0.3, 0.4) is 0 Å². The van der Waals surface area contributed by atoms with Crippen LogP contribution in [0, 0.1) is 6.92 Å². The van der Waals surface area contributed by atoms with E-state index in [0.717, 1.165) is 16.3 Å². The molecule has 0 saturated heterocycles. The average Bonchev–Trinajstić information content (AvgIpc) is 3.35. The Hall–Kier alpha value is -3.13. The van der Waals surface area contributed by atoms with Crippen LogP contribution < -0.4 is 15.4 Å². The van der Waals surface area contributed by atoms with Crippen LogP contribution in [-0.2, 0) is 0 Å². The molecule has 2 aromatic heterocycles. The van der Waals surface area contributed by atoms with Crippen LogP contribution in [0.1, 0.15) is 25.9 Å². The molecule has 8 heteroatoms. The first kappa shape index (κ1) is 18.7. The maximum Gasteiger partial charge on any atom is 0.287 e. The lowest BCUT2D eigenvalue weighted by molar-refractivity contribution is 0.0911. The summed E-state index contributed by atoms with van der Waals surface area (Å²) in [7, 11) is 1.61. The third-order valence-electron chi connectivity index (χ3n) is 3.78. The Morgan fingerprint density at radius 3 is 2.44 bits per heavy atom. The molecule has 7 nitrogen and oxygen atoms in total. The summed E-state index contributed by atoms with van der Waals surface area (Å²) in [6.45, 7) is 2.41. The van der Waals surface area contributed by atoms with Gasteiger partial charge in [0.15, 0.2) is 5.76 Å². The molecule has 1 aromatic carbocycles. The Balaban J connectivity index is 1.55. The van der Waals surface area contributed by atoms with Gasteiger partial charge in [0.05, 0.1) is 19.1 Å². The lowest BCUT2D eigenvalue weighted by atomic mass is 10.2. The molecule has 0 fully saturated rings. The molecular weight excluding hydrogens is 366 g/mol. The van der Waals surface area contributed by atoms with Crippen LogP contribution in [0.25, 0.3) is 10.6 Å². The second kappa shape index (κ2) is 8.50. The molecule has 0 spiro atoms. The van der Waals surface area contributed by atoms with Crippen molar-refractivity contribution < 1.29 is 18.7 Å². The standard InChI is InChI=1S/C19H19N3O4S/c1-12-16(27-19(22-12)13-5-7-14(25-2)8-6-13)18(24)21-10-9-20-17(23)15-4-3-11-26-15/h3-8,11H,9-10H2,1-2H3,(H,20,23)(H,21,24). The van der Waals surface area contributed by atoms with Crippen LogP contribution in [-0.4, -0.2) is 37.0 Å². The predicted octanol–water partition coefficient (Wildman–Crippen LogP) is 2.88. The molecule has 0 saturated carbocycles. The topological polar surface area (TPSA) is 93.5 Å². The normalized spacial score (nSPS) is 10.4. The number of ether oxygens (including phenoxy) is 1. The van der Waals surface area contributed by atoms with E-state index >= 15 is 0 Å². The lowest BCUT2D eigenvalue weighted by Crippen LogP contribution is -2.34. The highest BCUT2D eigenvalue weighted by atomic mass is 32.1. The highest BCUT2D eigenvalue weighted by Gasteiger charge is 2.16. The summed E-state index contributed by atoms with van der Waals surface area (Å²) in [5, 5.41) is 6.24. The summed E-state index contributed by atoms with van der Waals surface area (Å²) in [6.07, 6.45) is 1.43. The van der Waals surface area contributed by atoms with Gasteiger partial charge >= 0.3 is 0 Å². The molecule has 0 aliphatic carbocycles. The number of furan rings is 1. The van der Waals surface area contributed by atoms with Gasteiger partial charge in [-0.3, -0.25) is 9.59 Å². The maximum absolute atomic E-state index is 12.4. The number of rotatable bonds is 7. The Kier molecular flexibility index (Phi) is 5.87. The predicted molar refractivity (Wildman–Crippen MR) is 102 cm³/mol. The molecule has 27 heavy (non-hydrogen) atoms. The van der Waals surface area contributed by atoms with Gasteiger partial charge in [-0.25, -0.2) is 4.98 Å². The quantitative estimate of drug-likeness (QED) is 0.610. The summed E-state index contributed by atoms with van der Waals surface area (Å²) in [5.41, 5.74) is 1.59. The minimum atomic E-state index is -0.315. The van der Waals surface area contributed by atoms with Crippen LogP contribution in [0.15, 0.2) is 47.1 Å². The molecule has 0 aliphatic heterocycles. The maximum atomic E-state index is 12.4. The molecule has 0 unspecified atom stereocenters. The first-order valence-electron chi connectivity index (χ1n) is 8.30. The van der Waals surface area contributed by atoms with E-state index in [2.05, 4.69) is 15.6 Å². The number of carbonyl (C=O) groups excluding carboxylic acids is 2. The molecule has 2 heterocycles. The van der Waals surface area contributed by atoms with Crippen molar-refractivity contribution in [3.63, 3.8) is 0 Å². The summed E-state index contributed by atoms with van der Waals surface area (Å²) in [6, 6.07) is 10.7. The highest BCUT2D eigenvalue weighted by Crippen LogP contribution is 2.29. The fraction of sp³-hybridized carbons (Fsp3) is 0.211. The van der Waals surface area contributed by atoms with Crippen molar-refractivity contribution in [1.29, 1.82) is 0 Å². The Bertz CT molecular complexity index is 917. The Labute approximate surface area is 160 Å². The first-order valence-corrected chi connectivity index (χ1v) is 9.12. The molecule has 0 atom stereocenters. The van der Waals surface area contributed by atoms with Crippen LogP contribution in [0.5, 0.6) is 5.75 Å². The SMILES string of the molecule is COc1ccc(-c2nc(C)c(C(=O)NCCNC(=O)c3ccco3)s2)cc1. The molecule has 2 amide bonds. The fourth-order valence-corrected chi connectivity index (χ4v) is 3.38. The largest absolute Gasteiger partial charge is 0.497 e. The smallest absolute Gasteiger partial charge is 0.287 e. The van der Waals surface area contributed by atoms with E-state index in [1.807, 2.05) is 24.3 Å². The van der Waals surface area contributed by atoms with Gasteiger partial charge in [0, 0.05) is 18.7 Å². The van der Waals surface area contributed by atoms with Crippen molar-refractivity contribution in [2.75, 3.05) is 20.2 Å². The number of hydrogen-bond acceptors (Lipinski definition) is 6. The second-order valence-electron chi connectivity index (χ2n) is 5.65. The number of aryl methyl sites for hydroxylation is 1. The zero-order valence-electron chi connectivity index (χ0n) is 14.9. The van der Waals surface area contributed by atoms with Crippen LogP contribution in [0.2, 0.25) is 0 Å². The summed E-state index contributed by atoms with van der Waals surface area (Å²) >= 11 is 1.33. The molecule has 140 valence electrons. The van der Waals surface area contributed by atoms with Crippen LogP contribution >= 0.6 is 11.3 Å². The van der Waals surface area contributed by atoms with Crippen molar-refractivity contribution >= 4 is 23.2 Å². The van der Waals surface area contributed by atoms with Crippen molar-refractivity contribution in [2.24, 2.45) is 0 Å². The van der Waals surface area contributed by atoms with E-state index < -0.39 is 0 Å². The first-order chi connectivity index (χ1) is 13.1. The molecular formula is C19H19N3O4S. The molecule has 0 aliphatic rings. The summed E-state index contributed by atoms with van der Waals surface area (Å²) in [4.78, 5) is 29.2. The van der Waals surface area contributed by atoms with Crippen molar-refractivity contribution in [3.05, 3.63) is 59.0 Å². The van der Waals surface area contributed by atoms with Gasteiger partial charge in [0.25, 0.3) is 11.8 Å². The molecule has 3 aromatic rings. The number of amides is 2. The molecule has 0 radical (unpaired) electrons.